The molecule has 88 valence electrons. The summed E-state index contributed by atoms with van der Waals surface area (Å²) in [7, 11) is 3.24. The molecule has 1 aromatic heterocycles. The zero-order valence-electron chi connectivity index (χ0n) is 10.2. The maximum atomic E-state index is 6.40. The second kappa shape index (κ2) is 3.35. The molecule has 0 radical (unpaired) electrons. The van der Waals surface area contributed by atoms with Crippen LogP contribution < -0.4 is 15.2 Å². The minimum absolute atomic E-state index is 0.0661. The summed E-state index contributed by atoms with van der Waals surface area (Å²) in [6, 6.07) is 1.82. The van der Waals surface area contributed by atoms with Crippen LogP contribution in [-0.4, -0.2) is 19.2 Å². The van der Waals surface area contributed by atoms with E-state index in [9.17, 15) is 0 Å². The van der Waals surface area contributed by atoms with Crippen molar-refractivity contribution in [2.45, 2.75) is 25.8 Å². The summed E-state index contributed by atoms with van der Waals surface area (Å²) in [4.78, 5) is 4.20. The van der Waals surface area contributed by atoms with Gasteiger partial charge in [-0.05, 0) is 17.9 Å². The first-order valence-corrected chi connectivity index (χ1v) is 5.32. The zero-order chi connectivity index (χ0) is 12.0. The lowest BCUT2D eigenvalue weighted by atomic mass is 9.97. The standard InChI is InChI=1S/C12H18N2O2/c1-11(2)7-12(11,13)9-8(15-3)5-6-14-10(9)16-4/h5-6H,7,13H2,1-4H3. The molecule has 1 aliphatic carbocycles. The van der Waals surface area contributed by atoms with E-state index in [0.29, 0.717) is 5.88 Å². The summed E-state index contributed by atoms with van der Waals surface area (Å²) in [5.41, 5.74) is 6.95. The Morgan fingerprint density at radius 1 is 1.31 bits per heavy atom. The molecule has 1 atom stereocenters. The van der Waals surface area contributed by atoms with Crippen LogP contribution in [0, 0.1) is 5.41 Å². The molecule has 1 saturated carbocycles. The molecule has 2 rings (SSSR count). The van der Waals surface area contributed by atoms with Gasteiger partial charge in [0, 0.05) is 6.20 Å². The Bertz CT molecular complexity index is 395. The molecular formula is C12H18N2O2. The van der Waals surface area contributed by atoms with E-state index in [1.807, 2.05) is 6.07 Å². The Balaban J connectivity index is 2.55. The Kier molecular flexibility index (Phi) is 2.35. The molecule has 0 spiro atoms. The minimum atomic E-state index is -0.391. The van der Waals surface area contributed by atoms with Crippen molar-refractivity contribution in [1.29, 1.82) is 0 Å². The maximum absolute atomic E-state index is 6.40. The van der Waals surface area contributed by atoms with Crippen LogP contribution in [0.25, 0.3) is 0 Å². The van der Waals surface area contributed by atoms with Crippen molar-refractivity contribution in [2.75, 3.05) is 14.2 Å². The van der Waals surface area contributed by atoms with Crippen LogP contribution in [0.1, 0.15) is 25.8 Å². The monoisotopic (exact) mass is 222 g/mol. The van der Waals surface area contributed by atoms with Gasteiger partial charge in [-0.15, -0.1) is 0 Å². The summed E-state index contributed by atoms with van der Waals surface area (Å²) in [6.45, 7) is 4.28. The summed E-state index contributed by atoms with van der Waals surface area (Å²) in [5.74, 6) is 1.31. The van der Waals surface area contributed by atoms with Gasteiger partial charge in [0.05, 0.1) is 25.3 Å². The lowest BCUT2D eigenvalue weighted by Gasteiger charge is -2.20. The van der Waals surface area contributed by atoms with Gasteiger partial charge in [0.25, 0.3) is 0 Å². The quantitative estimate of drug-likeness (QED) is 0.845. The predicted octanol–water partition coefficient (Wildman–Crippen LogP) is 1.68. The van der Waals surface area contributed by atoms with Crippen LogP contribution in [0.5, 0.6) is 11.6 Å². The molecule has 1 unspecified atom stereocenters. The average molecular weight is 222 g/mol. The summed E-state index contributed by atoms with van der Waals surface area (Å²) >= 11 is 0. The number of ether oxygens (including phenoxy) is 2. The number of pyridine rings is 1. The Morgan fingerprint density at radius 3 is 2.38 bits per heavy atom. The molecule has 0 amide bonds. The fraction of sp³-hybridized carbons (Fsp3) is 0.583. The van der Waals surface area contributed by atoms with Crippen molar-refractivity contribution < 1.29 is 9.47 Å². The van der Waals surface area contributed by atoms with E-state index in [0.717, 1.165) is 17.7 Å². The van der Waals surface area contributed by atoms with E-state index in [1.165, 1.54) is 0 Å². The van der Waals surface area contributed by atoms with Crippen molar-refractivity contribution in [3.63, 3.8) is 0 Å². The second-order valence-electron chi connectivity index (χ2n) is 4.93. The van der Waals surface area contributed by atoms with E-state index in [2.05, 4.69) is 18.8 Å². The average Bonchev–Trinajstić information content (AvgIpc) is 2.77. The van der Waals surface area contributed by atoms with E-state index in [1.54, 1.807) is 20.4 Å². The topological polar surface area (TPSA) is 57.4 Å². The van der Waals surface area contributed by atoms with E-state index in [4.69, 9.17) is 15.2 Å². The van der Waals surface area contributed by atoms with Crippen molar-refractivity contribution in [3.8, 4) is 11.6 Å². The van der Waals surface area contributed by atoms with Gasteiger partial charge in [-0.25, -0.2) is 4.98 Å². The molecule has 1 fully saturated rings. The lowest BCUT2D eigenvalue weighted by Crippen LogP contribution is -2.27. The lowest BCUT2D eigenvalue weighted by molar-refractivity contribution is 0.355. The second-order valence-corrected chi connectivity index (χ2v) is 4.93. The van der Waals surface area contributed by atoms with Crippen molar-refractivity contribution in [3.05, 3.63) is 17.8 Å². The molecule has 16 heavy (non-hydrogen) atoms. The summed E-state index contributed by atoms with van der Waals surface area (Å²) in [5, 5.41) is 0. The first-order chi connectivity index (χ1) is 7.46. The highest BCUT2D eigenvalue weighted by Gasteiger charge is 2.62. The highest BCUT2D eigenvalue weighted by molar-refractivity contribution is 5.50. The molecule has 2 N–H and O–H groups in total. The van der Waals surface area contributed by atoms with Crippen molar-refractivity contribution >= 4 is 0 Å². The molecule has 1 aliphatic rings. The van der Waals surface area contributed by atoms with E-state index in [-0.39, 0.29) is 5.41 Å². The largest absolute Gasteiger partial charge is 0.496 e. The molecule has 0 saturated heterocycles. The number of methoxy groups -OCH3 is 2. The third kappa shape index (κ3) is 1.37. The third-order valence-electron chi connectivity index (χ3n) is 3.54. The highest BCUT2D eigenvalue weighted by atomic mass is 16.5. The molecule has 0 aromatic carbocycles. The Morgan fingerprint density at radius 2 is 1.94 bits per heavy atom. The molecule has 4 nitrogen and oxygen atoms in total. The SMILES string of the molecule is COc1ccnc(OC)c1C1(N)CC1(C)C. The van der Waals surface area contributed by atoms with Crippen LogP contribution in [0.15, 0.2) is 12.3 Å². The van der Waals surface area contributed by atoms with Crippen molar-refractivity contribution in [1.82, 2.24) is 4.98 Å². The number of nitrogens with zero attached hydrogens (tertiary/aromatic N) is 1. The van der Waals surface area contributed by atoms with Gasteiger partial charge >= 0.3 is 0 Å². The van der Waals surface area contributed by atoms with Gasteiger partial charge in [0.2, 0.25) is 5.88 Å². The van der Waals surface area contributed by atoms with E-state index < -0.39 is 5.54 Å². The normalized spacial score (nSPS) is 26.3. The molecule has 4 heteroatoms. The fourth-order valence-electron chi connectivity index (χ4n) is 2.24. The molecule has 1 aromatic rings. The molecular weight excluding hydrogens is 204 g/mol. The number of aromatic nitrogens is 1. The van der Waals surface area contributed by atoms with Crippen LogP contribution in [0.4, 0.5) is 0 Å². The van der Waals surface area contributed by atoms with Gasteiger partial charge in [-0.3, -0.25) is 0 Å². The Hall–Kier alpha value is -1.29. The summed E-state index contributed by atoms with van der Waals surface area (Å²) < 4.78 is 10.6. The zero-order valence-corrected chi connectivity index (χ0v) is 10.2. The number of nitrogens with two attached hydrogens (primary N) is 1. The number of hydrogen-bond acceptors (Lipinski definition) is 4. The number of rotatable bonds is 3. The number of hydrogen-bond donors (Lipinski definition) is 1. The predicted molar refractivity (Wildman–Crippen MR) is 61.6 cm³/mol. The first kappa shape index (κ1) is 11.2. The van der Waals surface area contributed by atoms with Crippen LogP contribution in [0.3, 0.4) is 0 Å². The van der Waals surface area contributed by atoms with Gasteiger partial charge in [0.1, 0.15) is 5.75 Å². The highest BCUT2D eigenvalue weighted by Crippen LogP contribution is 2.63. The van der Waals surface area contributed by atoms with Gasteiger partial charge in [0.15, 0.2) is 0 Å². The minimum Gasteiger partial charge on any atom is -0.496 e. The molecule has 1 heterocycles. The van der Waals surface area contributed by atoms with Crippen LogP contribution >= 0.6 is 0 Å². The van der Waals surface area contributed by atoms with Gasteiger partial charge in [-0.1, -0.05) is 13.8 Å². The van der Waals surface area contributed by atoms with Crippen molar-refractivity contribution in [2.24, 2.45) is 11.1 Å². The Labute approximate surface area is 95.8 Å². The van der Waals surface area contributed by atoms with Gasteiger partial charge in [-0.2, -0.15) is 0 Å². The summed E-state index contributed by atoms with van der Waals surface area (Å²) in [6.07, 6.45) is 2.58. The third-order valence-corrected chi connectivity index (χ3v) is 3.54. The fourth-order valence-corrected chi connectivity index (χ4v) is 2.24. The van der Waals surface area contributed by atoms with Gasteiger partial charge < -0.3 is 15.2 Å². The van der Waals surface area contributed by atoms with Crippen LogP contribution in [0.2, 0.25) is 0 Å². The smallest absolute Gasteiger partial charge is 0.221 e. The molecule has 0 bridgehead atoms. The maximum Gasteiger partial charge on any atom is 0.221 e. The molecule has 0 aliphatic heterocycles. The van der Waals surface area contributed by atoms with E-state index >= 15 is 0 Å². The first-order valence-electron chi connectivity index (χ1n) is 5.32. The van der Waals surface area contributed by atoms with Crippen LogP contribution in [-0.2, 0) is 5.54 Å².